The number of nitrogens with zero attached hydrogens (tertiary/aromatic N) is 2. The molecule has 1 fully saturated rings. The summed E-state index contributed by atoms with van der Waals surface area (Å²) in [4.78, 5) is 29.6. The Balaban J connectivity index is 2.07. The van der Waals surface area contributed by atoms with E-state index < -0.39 is 17.7 Å². The summed E-state index contributed by atoms with van der Waals surface area (Å²) in [5, 5.41) is 20.7. The number of hydrogen-bond donors (Lipinski definition) is 2. The van der Waals surface area contributed by atoms with Gasteiger partial charge in [0.2, 0.25) is 0 Å². The number of carbonyl (C=O) groups is 2. The molecule has 2 aromatic carbocycles. The van der Waals surface area contributed by atoms with E-state index in [0.717, 1.165) is 13.1 Å². The summed E-state index contributed by atoms with van der Waals surface area (Å²) >= 11 is 0. The monoisotopic (exact) mass is 424 g/mol. The number of aliphatic hydroxyl groups excluding tert-OH is 1. The van der Waals surface area contributed by atoms with Crippen LogP contribution in [0.1, 0.15) is 31.0 Å². The van der Waals surface area contributed by atoms with Crippen LogP contribution in [0.2, 0.25) is 0 Å². The zero-order valence-electron chi connectivity index (χ0n) is 18.0. The SMILES string of the molecule is CCN(CC)CCN1C(=O)C(=O)/C(=C(\O)c2ccc(OC)cc2)C1c1ccc(O)cc1. The highest BCUT2D eigenvalue weighted by Gasteiger charge is 2.45. The first kappa shape index (κ1) is 22.4. The Morgan fingerprint density at radius 3 is 2.19 bits per heavy atom. The number of ether oxygens (including phenoxy) is 1. The molecule has 0 radical (unpaired) electrons. The van der Waals surface area contributed by atoms with Crippen molar-refractivity contribution < 1.29 is 24.5 Å². The maximum absolute atomic E-state index is 13.0. The number of benzene rings is 2. The molecule has 1 aliphatic heterocycles. The van der Waals surface area contributed by atoms with Gasteiger partial charge < -0.3 is 24.7 Å². The number of Topliss-reactive ketones (excluding diaryl/α,β-unsaturated/α-hetero) is 1. The number of aromatic hydroxyl groups is 1. The normalized spacial score (nSPS) is 18.1. The molecule has 1 heterocycles. The number of amides is 1. The summed E-state index contributed by atoms with van der Waals surface area (Å²) in [6.07, 6.45) is 0. The van der Waals surface area contributed by atoms with Crippen LogP contribution in [0.4, 0.5) is 0 Å². The standard InChI is InChI=1S/C24H28N2O5/c1-4-25(5-2)14-15-26-21(16-6-10-18(27)11-7-16)20(23(29)24(26)30)22(28)17-8-12-19(31-3)13-9-17/h6-13,21,27-28H,4-5,14-15H2,1-3H3/b22-20-. The molecule has 0 aromatic heterocycles. The van der Waals surface area contributed by atoms with Crippen molar-refractivity contribution in [2.75, 3.05) is 33.3 Å². The van der Waals surface area contributed by atoms with Crippen molar-refractivity contribution in [3.05, 3.63) is 65.2 Å². The van der Waals surface area contributed by atoms with Crippen molar-refractivity contribution in [1.29, 1.82) is 0 Å². The van der Waals surface area contributed by atoms with Crippen LogP contribution in [-0.2, 0) is 9.59 Å². The number of rotatable bonds is 8. The summed E-state index contributed by atoms with van der Waals surface area (Å²) < 4.78 is 5.15. The van der Waals surface area contributed by atoms with E-state index in [1.165, 1.54) is 17.0 Å². The van der Waals surface area contributed by atoms with Gasteiger partial charge in [0.25, 0.3) is 11.7 Å². The van der Waals surface area contributed by atoms with E-state index in [1.54, 1.807) is 43.5 Å². The summed E-state index contributed by atoms with van der Waals surface area (Å²) in [6, 6.07) is 12.3. The quantitative estimate of drug-likeness (QED) is 0.384. The molecular weight excluding hydrogens is 396 g/mol. The molecule has 0 saturated carbocycles. The van der Waals surface area contributed by atoms with Crippen molar-refractivity contribution in [1.82, 2.24) is 9.80 Å². The van der Waals surface area contributed by atoms with Gasteiger partial charge in [-0.1, -0.05) is 26.0 Å². The van der Waals surface area contributed by atoms with E-state index in [1.807, 2.05) is 13.8 Å². The average Bonchev–Trinajstić information content (AvgIpc) is 3.05. The van der Waals surface area contributed by atoms with Crippen molar-refractivity contribution >= 4 is 17.4 Å². The largest absolute Gasteiger partial charge is 0.508 e. The molecule has 0 bridgehead atoms. The van der Waals surface area contributed by atoms with E-state index >= 15 is 0 Å². The molecule has 3 rings (SSSR count). The van der Waals surface area contributed by atoms with Gasteiger partial charge in [0, 0.05) is 18.7 Å². The van der Waals surface area contributed by atoms with E-state index in [4.69, 9.17) is 4.74 Å². The molecule has 0 aliphatic carbocycles. The van der Waals surface area contributed by atoms with Crippen LogP contribution >= 0.6 is 0 Å². The van der Waals surface area contributed by atoms with Gasteiger partial charge in [0.15, 0.2) is 0 Å². The van der Waals surface area contributed by atoms with Crippen LogP contribution in [-0.4, -0.2) is 65.0 Å². The minimum absolute atomic E-state index is 0.0420. The molecular formula is C24H28N2O5. The molecule has 1 atom stereocenters. The Hall–Kier alpha value is -3.32. The van der Waals surface area contributed by atoms with Crippen molar-refractivity contribution in [2.24, 2.45) is 0 Å². The lowest BCUT2D eigenvalue weighted by molar-refractivity contribution is -0.140. The number of carbonyl (C=O) groups excluding carboxylic acids is 2. The Morgan fingerprint density at radius 1 is 1.03 bits per heavy atom. The molecule has 7 heteroatoms. The zero-order valence-corrected chi connectivity index (χ0v) is 18.0. The Kier molecular flexibility index (Phi) is 6.97. The molecule has 7 nitrogen and oxygen atoms in total. The number of likely N-dealkylation sites (tertiary alicyclic amines) is 1. The molecule has 1 saturated heterocycles. The number of phenolic OH excluding ortho intramolecular Hbond substituents is 1. The third-order valence-electron chi connectivity index (χ3n) is 5.66. The number of aliphatic hydroxyl groups is 1. The van der Waals surface area contributed by atoms with Crippen molar-refractivity contribution in [3.8, 4) is 11.5 Å². The highest BCUT2D eigenvalue weighted by molar-refractivity contribution is 6.46. The fourth-order valence-electron chi connectivity index (χ4n) is 3.81. The Morgan fingerprint density at radius 2 is 1.65 bits per heavy atom. The summed E-state index contributed by atoms with van der Waals surface area (Å²) in [5.74, 6) is -0.888. The second-order valence-corrected chi connectivity index (χ2v) is 7.34. The van der Waals surface area contributed by atoms with Crippen LogP contribution in [0, 0.1) is 0 Å². The first-order valence-electron chi connectivity index (χ1n) is 10.3. The van der Waals surface area contributed by atoms with Crippen LogP contribution < -0.4 is 4.74 Å². The molecule has 31 heavy (non-hydrogen) atoms. The third kappa shape index (κ3) is 4.56. The fourth-order valence-corrected chi connectivity index (χ4v) is 3.81. The van der Waals surface area contributed by atoms with Gasteiger partial charge in [-0.25, -0.2) is 0 Å². The van der Waals surface area contributed by atoms with Gasteiger partial charge in [0.1, 0.15) is 17.3 Å². The van der Waals surface area contributed by atoms with Crippen molar-refractivity contribution in [3.63, 3.8) is 0 Å². The van der Waals surface area contributed by atoms with Gasteiger partial charge in [0.05, 0.1) is 18.7 Å². The molecule has 2 aromatic rings. The van der Waals surface area contributed by atoms with E-state index in [2.05, 4.69) is 4.90 Å². The van der Waals surface area contributed by atoms with Gasteiger partial charge in [-0.3, -0.25) is 9.59 Å². The third-order valence-corrected chi connectivity index (χ3v) is 5.66. The van der Waals surface area contributed by atoms with Gasteiger partial charge >= 0.3 is 0 Å². The minimum Gasteiger partial charge on any atom is -0.508 e. The first-order valence-corrected chi connectivity index (χ1v) is 10.3. The lowest BCUT2D eigenvalue weighted by Gasteiger charge is -2.28. The maximum Gasteiger partial charge on any atom is 0.295 e. The van der Waals surface area contributed by atoms with E-state index in [9.17, 15) is 19.8 Å². The lowest BCUT2D eigenvalue weighted by atomic mass is 9.95. The average molecular weight is 424 g/mol. The van der Waals surface area contributed by atoms with Crippen LogP contribution in [0.15, 0.2) is 54.1 Å². The summed E-state index contributed by atoms with van der Waals surface area (Å²) in [6.45, 7) is 6.69. The first-order chi connectivity index (χ1) is 14.9. The van der Waals surface area contributed by atoms with Crippen LogP contribution in [0.5, 0.6) is 11.5 Å². The van der Waals surface area contributed by atoms with Gasteiger partial charge in [-0.2, -0.15) is 0 Å². The van der Waals surface area contributed by atoms with Crippen LogP contribution in [0.25, 0.3) is 5.76 Å². The Bertz CT molecular complexity index is 962. The predicted molar refractivity (Wildman–Crippen MR) is 118 cm³/mol. The smallest absolute Gasteiger partial charge is 0.295 e. The predicted octanol–water partition coefficient (Wildman–Crippen LogP) is 3.16. The number of likely N-dealkylation sites (N-methyl/N-ethyl adjacent to an activating group) is 1. The summed E-state index contributed by atoms with van der Waals surface area (Å²) in [5.41, 5.74) is 1.11. The molecule has 1 unspecified atom stereocenters. The second-order valence-electron chi connectivity index (χ2n) is 7.34. The van der Waals surface area contributed by atoms with E-state index in [-0.39, 0.29) is 17.1 Å². The second kappa shape index (κ2) is 9.66. The molecule has 164 valence electrons. The number of phenols is 1. The topological polar surface area (TPSA) is 90.3 Å². The highest BCUT2D eigenvalue weighted by Crippen LogP contribution is 2.39. The minimum atomic E-state index is -0.738. The van der Waals surface area contributed by atoms with Crippen molar-refractivity contribution in [2.45, 2.75) is 19.9 Å². The highest BCUT2D eigenvalue weighted by atomic mass is 16.5. The van der Waals surface area contributed by atoms with Gasteiger partial charge in [-0.05, 0) is 55.1 Å². The zero-order chi connectivity index (χ0) is 22.5. The number of methoxy groups -OCH3 is 1. The van der Waals surface area contributed by atoms with Crippen LogP contribution in [0.3, 0.4) is 0 Å². The van der Waals surface area contributed by atoms with Gasteiger partial charge in [-0.15, -0.1) is 0 Å². The number of hydrogen-bond acceptors (Lipinski definition) is 6. The fraction of sp³-hybridized carbons (Fsp3) is 0.333. The summed E-state index contributed by atoms with van der Waals surface area (Å²) in [7, 11) is 1.54. The molecule has 0 spiro atoms. The number of ketones is 1. The molecule has 1 aliphatic rings. The lowest BCUT2D eigenvalue weighted by Crippen LogP contribution is -2.38. The maximum atomic E-state index is 13.0. The molecule has 1 amide bonds. The Labute approximate surface area is 182 Å². The molecule has 2 N–H and O–H groups in total. The van der Waals surface area contributed by atoms with E-state index in [0.29, 0.717) is 30.0 Å².